The van der Waals surface area contributed by atoms with E-state index in [0.717, 1.165) is 22.6 Å². The van der Waals surface area contributed by atoms with E-state index in [1.807, 2.05) is 26.1 Å². The molecule has 2 heterocycles. The number of hydrogen-bond donors (Lipinski definition) is 0. The summed E-state index contributed by atoms with van der Waals surface area (Å²) in [6.07, 6.45) is 1.76. The molecule has 0 aliphatic carbocycles. The van der Waals surface area contributed by atoms with Crippen molar-refractivity contribution in [1.82, 2.24) is 9.38 Å². The van der Waals surface area contributed by atoms with Gasteiger partial charge in [-0.15, -0.1) is 0 Å². The molecule has 0 saturated heterocycles. The van der Waals surface area contributed by atoms with Crippen molar-refractivity contribution in [3.05, 3.63) is 75.3 Å². The highest BCUT2D eigenvalue weighted by Gasteiger charge is 2.08. The third kappa shape index (κ3) is 3.11. The summed E-state index contributed by atoms with van der Waals surface area (Å²) < 4.78 is 1.59. The van der Waals surface area contributed by atoms with Crippen molar-refractivity contribution < 1.29 is 0 Å². The van der Waals surface area contributed by atoms with Gasteiger partial charge in [-0.2, -0.15) is 0 Å². The van der Waals surface area contributed by atoms with Gasteiger partial charge in [-0.25, -0.2) is 4.98 Å². The highest BCUT2D eigenvalue weighted by Crippen LogP contribution is 2.19. The van der Waals surface area contributed by atoms with Crippen molar-refractivity contribution in [2.75, 3.05) is 11.9 Å². The molecule has 0 saturated carbocycles. The van der Waals surface area contributed by atoms with Crippen LogP contribution in [0.1, 0.15) is 22.4 Å². The Balaban J connectivity index is 1.98. The number of aromatic nitrogens is 2. The van der Waals surface area contributed by atoms with Gasteiger partial charge in [0.1, 0.15) is 5.65 Å². The maximum atomic E-state index is 12.3. The van der Waals surface area contributed by atoms with Crippen LogP contribution in [0, 0.1) is 20.8 Å². The van der Waals surface area contributed by atoms with E-state index in [4.69, 9.17) is 0 Å². The molecule has 0 radical (unpaired) electrons. The number of pyridine rings is 1. The summed E-state index contributed by atoms with van der Waals surface area (Å²) in [5.41, 5.74) is 6.07. The first-order valence-electron chi connectivity index (χ1n) is 7.71. The van der Waals surface area contributed by atoms with E-state index in [9.17, 15) is 4.79 Å². The van der Waals surface area contributed by atoms with Crippen LogP contribution in [0.2, 0.25) is 0 Å². The molecule has 1 aromatic carbocycles. The van der Waals surface area contributed by atoms with Crippen molar-refractivity contribution in [3.8, 4) is 0 Å². The van der Waals surface area contributed by atoms with Gasteiger partial charge in [0.25, 0.3) is 5.56 Å². The lowest BCUT2D eigenvalue weighted by molar-refractivity contribution is 0.867. The van der Waals surface area contributed by atoms with Crippen LogP contribution in [0.5, 0.6) is 0 Å². The summed E-state index contributed by atoms with van der Waals surface area (Å²) in [4.78, 5) is 19.1. The minimum atomic E-state index is -0.0393. The van der Waals surface area contributed by atoms with Crippen molar-refractivity contribution >= 4 is 11.3 Å². The van der Waals surface area contributed by atoms with E-state index in [0.29, 0.717) is 6.54 Å². The fourth-order valence-corrected chi connectivity index (χ4v) is 2.90. The molecule has 0 bridgehead atoms. The normalized spacial score (nSPS) is 11.0. The van der Waals surface area contributed by atoms with Crippen LogP contribution in [-0.4, -0.2) is 16.4 Å². The van der Waals surface area contributed by atoms with E-state index in [-0.39, 0.29) is 5.56 Å². The molecule has 0 unspecified atom stereocenters. The largest absolute Gasteiger partial charge is 0.369 e. The second-order valence-electron chi connectivity index (χ2n) is 6.17. The topological polar surface area (TPSA) is 37.6 Å². The number of nitrogens with zero attached hydrogens (tertiary/aromatic N) is 3. The van der Waals surface area contributed by atoms with Crippen LogP contribution >= 0.6 is 0 Å². The number of aryl methyl sites for hydroxylation is 3. The van der Waals surface area contributed by atoms with Gasteiger partial charge in [0.05, 0.1) is 12.2 Å². The average Bonchev–Trinajstić information content (AvgIpc) is 2.47. The lowest BCUT2D eigenvalue weighted by Gasteiger charge is -2.20. The number of benzene rings is 1. The number of fused-ring (bicyclic) bond motifs is 1. The molecule has 0 spiro atoms. The van der Waals surface area contributed by atoms with E-state index >= 15 is 0 Å². The van der Waals surface area contributed by atoms with Crippen LogP contribution in [0.15, 0.2) is 47.4 Å². The second kappa shape index (κ2) is 5.88. The molecule has 0 atom stereocenters. The van der Waals surface area contributed by atoms with Gasteiger partial charge in [0.2, 0.25) is 0 Å². The van der Waals surface area contributed by atoms with E-state index in [1.54, 1.807) is 16.7 Å². The Labute approximate surface area is 136 Å². The summed E-state index contributed by atoms with van der Waals surface area (Å²) in [6.45, 7) is 6.75. The lowest BCUT2D eigenvalue weighted by atomic mass is 10.1. The maximum absolute atomic E-state index is 12.3. The third-order valence-electron chi connectivity index (χ3n) is 3.99. The fraction of sp³-hybridized carbons (Fsp3) is 0.263. The van der Waals surface area contributed by atoms with Crippen molar-refractivity contribution in [3.63, 3.8) is 0 Å². The predicted octanol–water partition coefficient (Wildman–Crippen LogP) is 3.26. The summed E-state index contributed by atoms with van der Waals surface area (Å²) in [7, 11) is 2.02. The Morgan fingerprint density at radius 2 is 1.78 bits per heavy atom. The smallest absolute Gasteiger partial charge is 0.258 e. The highest BCUT2D eigenvalue weighted by atomic mass is 16.1. The molecule has 23 heavy (non-hydrogen) atoms. The van der Waals surface area contributed by atoms with Gasteiger partial charge >= 0.3 is 0 Å². The first kappa shape index (κ1) is 15.3. The molecule has 0 aliphatic rings. The Hall–Kier alpha value is -2.62. The van der Waals surface area contributed by atoms with Gasteiger partial charge in [-0.1, -0.05) is 12.1 Å². The maximum Gasteiger partial charge on any atom is 0.258 e. The summed E-state index contributed by atoms with van der Waals surface area (Å²) in [5.74, 6) is 0. The zero-order chi connectivity index (χ0) is 16.6. The highest BCUT2D eigenvalue weighted by molar-refractivity contribution is 5.51. The van der Waals surface area contributed by atoms with Crippen molar-refractivity contribution in [1.29, 1.82) is 0 Å². The molecular formula is C19H21N3O. The first-order chi connectivity index (χ1) is 10.9. The number of anilines is 1. The number of hydrogen-bond acceptors (Lipinski definition) is 3. The molecule has 0 aliphatic heterocycles. The van der Waals surface area contributed by atoms with E-state index < -0.39 is 0 Å². The standard InChI is InChI=1S/C19H21N3O/c1-13-8-14(2)10-17(9-13)21(4)12-16-11-18(23)22-7-5-6-15(3)19(22)20-16/h5-11H,12H2,1-4H3. The molecule has 0 fully saturated rings. The molecule has 0 amide bonds. The zero-order valence-electron chi connectivity index (χ0n) is 14.0. The summed E-state index contributed by atoms with van der Waals surface area (Å²) in [5, 5.41) is 0. The van der Waals surface area contributed by atoms with Gasteiger partial charge in [-0.3, -0.25) is 9.20 Å². The van der Waals surface area contributed by atoms with Gasteiger partial charge in [-0.05, 0) is 55.7 Å². The average molecular weight is 307 g/mol. The number of rotatable bonds is 3. The Morgan fingerprint density at radius 1 is 1.09 bits per heavy atom. The lowest BCUT2D eigenvalue weighted by Crippen LogP contribution is -2.22. The van der Waals surface area contributed by atoms with Crippen LogP contribution in [-0.2, 0) is 6.54 Å². The minimum absolute atomic E-state index is 0.0393. The molecule has 4 heteroatoms. The second-order valence-corrected chi connectivity index (χ2v) is 6.17. The fourth-order valence-electron chi connectivity index (χ4n) is 2.90. The van der Waals surface area contributed by atoms with Gasteiger partial charge in [0, 0.05) is 25.0 Å². The molecule has 3 aromatic rings. The SMILES string of the molecule is Cc1cc(C)cc(N(C)Cc2cc(=O)n3cccc(C)c3n2)c1. The van der Waals surface area contributed by atoms with Gasteiger partial charge < -0.3 is 4.90 Å². The molecule has 118 valence electrons. The predicted molar refractivity (Wildman–Crippen MR) is 94.2 cm³/mol. The third-order valence-corrected chi connectivity index (χ3v) is 3.99. The van der Waals surface area contributed by atoms with Crippen LogP contribution in [0.25, 0.3) is 5.65 Å². The minimum Gasteiger partial charge on any atom is -0.369 e. The summed E-state index contributed by atoms with van der Waals surface area (Å²) in [6, 6.07) is 11.9. The first-order valence-corrected chi connectivity index (χ1v) is 7.71. The van der Waals surface area contributed by atoms with Crippen LogP contribution < -0.4 is 10.5 Å². The molecule has 4 nitrogen and oxygen atoms in total. The molecule has 2 aromatic heterocycles. The van der Waals surface area contributed by atoms with Crippen LogP contribution in [0.3, 0.4) is 0 Å². The van der Waals surface area contributed by atoms with Crippen molar-refractivity contribution in [2.45, 2.75) is 27.3 Å². The quantitative estimate of drug-likeness (QED) is 0.745. The van der Waals surface area contributed by atoms with Gasteiger partial charge in [0.15, 0.2) is 0 Å². The van der Waals surface area contributed by atoms with Crippen LogP contribution in [0.4, 0.5) is 5.69 Å². The Morgan fingerprint density at radius 3 is 2.48 bits per heavy atom. The molecule has 3 rings (SSSR count). The Bertz CT molecular complexity index is 907. The summed E-state index contributed by atoms with van der Waals surface area (Å²) >= 11 is 0. The molecule has 0 N–H and O–H groups in total. The monoisotopic (exact) mass is 307 g/mol. The van der Waals surface area contributed by atoms with Crippen molar-refractivity contribution in [2.24, 2.45) is 0 Å². The Kier molecular flexibility index (Phi) is 3.90. The van der Waals surface area contributed by atoms with E-state index in [2.05, 4.69) is 41.9 Å². The van der Waals surface area contributed by atoms with E-state index in [1.165, 1.54) is 11.1 Å². The zero-order valence-corrected chi connectivity index (χ0v) is 14.0. The molecular weight excluding hydrogens is 286 g/mol.